The van der Waals surface area contributed by atoms with Crippen molar-refractivity contribution >= 4 is 10.1 Å². The highest BCUT2D eigenvalue weighted by Gasteiger charge is 2.43. The molecule has 4 nitrogen and oxygen atoms in total. The third-order valence-corrected chi connectivity index (χ3v) is 5.32. The molecule has 0 aromatic heterocycles. The largest absolute Gasteiger partial charge is 0.366 e. The van der Waals surface area contributed by atoms with Gasteiger partial charge in [-0.3, -0.25) is 4.55 Å². The van der Waals surface area contributed by atoms with Crippen molar-refractivity contribution in [2.75, 3.05) is 0 Å². The second kappa shape index (κ2) is 4.69. The summed E-state index contributed by atoms with van der Waals surface area (Å²) in [5.41, 5.74) is 1.66. The van der Waals surface area contributed by atoms with Gasteiger partial charge in [0.25, 0.3) is 10.1 Å². The minimum Gasteiger partial charge on any atom is -0.366 e. The van der Waals surface area contributed by atoms with E-state index in [9.17, 15) is 13.0 Å². The second-order valence-electron chi connectivity index (χ2n) is 5.76. The molecule has 0 unspecified atom stereocenters. The molecule has 0 aliphatic carbocycles. The fourth-order valence-corrected chi connectivity index (χ4v) is 3.97. The van der Waals surface area contributed by atoms with Crippen molar-refractivity contribution in [1.82, 2.24) is 0 Å². The van der Waals surface area contributed by atoms with Crippen LogP contribution in [0.15, 0.2) is 35.2 Å². The van der Waals surface area contributed by atoms with E-state index in [-0.39, 0.29) is 23.0 Å². The van der Waals surface area contributed by atoms with E-state index in [1.807, 2.05) is 13.0 Å². The maximum Gasteiger partial charge on any atom is 0.294 e. The molecule has 2 bridgehead atoms. The van der Waals surface area contributed by atoms with E-state index in [1.165, 1.54) is 6.07 Å². The summed E-state index contributed by atoms with van der Waals surface area (Å²) in [5, 5.41) is 0. The van der Waals surface area contributed by atoms with Crippen LogP contribution in [0.4, 0.5) is 0 Å². The van der Waals surface area contributed by atoms with Crippen LogP contribution < -0.4 is 0 Å². The van der Waals surface area contributed by atoms with Gasteiger partial charge < -0.3 is 4.74 Å². The Balaban J connectivity index is 1.95. The summed E-state index contributed by atoms with van der Waals surface area (Å²) in [6.45, 7) is 4.04. The Morgan fingerprint density at radius 3 is 2.55 bits per heavy atom. The van der Waals surface area contributed by atoms with Gasteiger partial charge in [-0.1, -0.05) is 36.8 Å². The average molecular weight is 294 g/mol. The van der Waals surface area contributed by atoms with Gasteiger partial charge in [0.1, 0.15) is 0 Å². The molecular formula is C15H18O4S. The molecule has 4 atom stereocenters. The zero-order valence-electron chi connectivity index (χ0n) is 11.5. The summed E-state index contributed by atoms with van der Waals surface area (Å²) in [6, 6.07) is 5.02. The molecule has 1 aromatic carbocycles. The lowest BCUT2D eigenvalue weighted by atomic mass is 9.80. The quantitative estimate of drug-likeness (QED) is 0.686. The maximum atomic E-state index is 11.5. The van der Waals surface area contributed by atoms with Gasteiger partial charge in [-0.15, -0.1) is 0 Å². The molecular weight excluding hydrogens is 276 g/mol. The van der Waals surface area contributed by atoms with E-state index >= 15 is 0 Å². The SMILES string of the molecule is Cc1ccc(S(=O)(=O)O)c(C[C@@H]2[C@@H](C)[C@@H]3C=C[C@H]2O3)c1. The van der Waals surface area contributed by atoms with Gasteiger partial charge in [-0.2, -0.15) is 8.42 Å². The lowest BCUT2D eigenvalue weighted by Crippen LogP contribution is -2.24. The van der Waals surface area contributed by atoms with Crippen molar-refractivity contribution in [2.45, 2.75) is 37.4 Å². The first-order chi connectivity index (χ1) is 9.36. The smallest absolute Gasteiger partial charge is 0.294 e. The molecule has 0 spiro atoms. The Bertz CT molecular complexity index is 662. The Kier molecular flexibility index (Phi) is 3.23. The first kappa shape index (κ1) is 13.8. The Labute approximate surface area is 119 Å². The lowest BCUT2D eigenvalue weighted by molar-refractivity contribution is 0.104. The fraction of sp³-hybridized carbons (Fsp3) is 0.467. The molecule has 108 valence electrons. The van der Waals surface area contributed by atoms with E-state index in [0.717, 1.165) is 5.56 Å². The predicted molar refractivity (Wildman–Crippen MR) is 75.2 cm³/mol. The summed E-state index contributed by atoms with van der Waals surface area (Å²) < 4.78 is 38.1. The van der Waals surface area contributed by atoms with Crippen molar-refractivity contribution in [3.05, 3.63) is 41.5 Å². The molecule has 3 rings (SSSR count). The molecule has 2 heterocycles. The maximum absolute atomic E-state index is 11.5. The summed E-state index contributed by atoms with van der Waals surface area (Å²) in [5.74, 6) is 0.618. The lowest BCUT2D eigenvalue weighted by Gasteiger charge is -2.22. The molecule has 1 saturated heterocycles. The molecule has 2 aliphatic rings. The summed E-state index contributed by atoms with van der Waals surface area (Å²) >= 11 is 0. The number of ether oxygens (including phenoxy) is 1. The number of hydrogen-bond acceptors (Lipinski definition) is 3. The number of benzene rings is 1. The van der Waals surface area contributed by atoms with Gasteiger partial charge in [0.2, 0.25) is 0 Å². The standard InChI is InChI=1S/C15H18O4S/c1-9-3-6-15(20(16,17)18)11(7-9)8-12-10(2)13-4-5-14(12)19-13/h3-7,10,12-14H,8H2,1-2H3,(H,16,17,18)/t10-,12-,13+,14-/m1/s1. The van der Waals surface area contributed by atoms with E-state index in [1.54, 1.807) is 6.07 Å². The highest BCUT2D eigenvalue weighted by molar-refractivity contribution is 7.85. The van der Waals surface area contributed by atoms with E-state index in [2.05, 4.69) is 19.1 Å². The first-order valence-corrected chi connectivity index (χ1v) is 8.21. The highest BCUT2D eigenvalue weighted by atomic mass is 32.2. The van der Waals surface area contributed by atoms with E-state index in [4.69, 9.17) is 4.74 Å². The van der Waals surface area contributed by atoms with Crippen LogP contribution in [0.3, 0.4) is 0 Å². The Hall–Kier alpha value is -1.17. The van der Waals surface area contributed by atoms with Crippen molar-refractivity contribution in [3.8, 4) is 0 Å². The molecule has 2 aliphatic heterocycles. The van der Waals surface area contributed by atoms with Gasteiger partial charge in [-0.25, -0.2) is 0 Å². The predicted octanol–water partition coefficient (Wildman–Crippen LogP) is 2.37. The third-order valence-electron chi connectivity index (χ3n) is 4.37. The van der Waals surface area contributed by atoms with Crippen molar-refractivity contribution < 1.29 is 17.7 Å². The van der Waals surface area contributed by atoms with Crippen molar-refractivity contribution in [1.29, 1.82) is 0 Å². The zero-order valence-corrected chi connectivity index (χ0v) is 12.3. The van der Waals surface area contributed by atoms with Crippen molar-refractivity contribution in [2.24, 2.45) is 11.8 Å². The van der Waals surface area contributed by atoms with Gasteiger partial charge in [-0.05, 0) is 36.8 Å². The molecule has 20 heavy (non-hydrogen) atoms. The van der Waals surface area contributed by atoms with E-state index in [0.29, 0.717) is 17.9 Å². The Morgan fingerprint density at radius 2 is 1.95 bits per heavy atom. The normalized spacial score (nSPS) is 31.9. The number of rotatable bonds is 3. The topological polar surface area (TPSA) is 63.6 Å². The van der Waals surface area contributed by atoms with Crippen LogP contribution in [0.2, 0.25) is 0 Å². The van der Waals surface area contributed by atoms with Crippen LogP contribution in [-0.2, 0) is 21.3 Å². The summed E-state index contributed by atoms with van der Waals surface area (Å²) in [7, 11) is -4.18. The van der Waals surface area contributed by atoms with Gasteiger partial charge in [0.15, 0.2) is 0 Å². The fourth-order valence-electron chi connectivity index (χ4n) is 3.25. The van der Waals surface area contributed by atoms with E-state index < -0.39 is 10.1 Å². The molecule has 1 aromatic rings. The summed E-state index contributed by atoms with van der Waals surface area (Å²) in [4.78, 5) is 0.0158. The van der Waals surface area contributed by atoms with Crippen LogP contribution in [0.1, 0.15) is 18.1 Å². The zero-order chi connectivity index (χ0) is 14.5. The van der Waals surface area contributed by atoms with Crippen LogP contribution in [0, 0.1) is 18.8 Å². The van der Waals surface area contributed by atoms with Crippen LogP contribution in [-0.4, -0.2) is 25.2 Å². The monoisotopic (exact) mass is 294 g/mol. The van der Waals surface area contributed by atoms with Crippen molar-refractivity contribution in [3.63, 3.8) is 0 Å². The van der Waals surface area contributed by atoms with Gasteiger partial charge >= 0.3 is 0 Å². The molecule has 1 N–H and O–H groups in total. The molecule has 0 saturated carbocycles. The molecule has 1 fully saturated rings. The third kappa shape index (κ3) is 2.30. The van der Waals surface area contributed by atoms with Crippen LogP contribution in [0.25, 0.3) is 0 Å². The minimum absolute atomic E-state index is 0.0158. The van der Waals surface area contributed by atoms with Gasteiger partial charge in [0.05, 0.1) is 17.1 Å². The number of aryl methyl sites for hydroxylation is 1. The number of fused-ring (bicyclic) bond motifs is 2. The molecule has 0 amide bonds. The average Bonchev–Trinajstić information content (AvgIpc) is 2.91. The second-order valence-corrected chi connectivity index (χ2v) is 7.15. The summed E-state index contributed by atoms with van der Waals surface area (Å²) in [6.07, 6.45) is 4.93. The number of hydrogen-bond donors (Lipinski definition) is 1. The van der Waals surface area contributed by atoms with Gasteiger partial charge in [0, 0.05) is 0 Å². The Morgan fingerprint density at radius 1 is 1.25 bits per heavy atom. The van der Waals surface area contributed by atoms with Crippen LogP contribution in [0.5, 0.6) is 0 Å². The van der Waals surface area contributed by atoms with Crippen LogP contribution >= 0.6 is 0 Å². The highest BCUT2D eigenvalue weighted by Crippen LogP contribution is 2.41. The first-order valence-electron chi connectivity index (χ1n) is 6.77. The molecule has 0 radical (unpaired) electrons. The molecule has 5 heteroatoms. The minimum atomic E-state index is -4.18.